The molecule has 7 heteroatoms. The van der Waals surface area contributed by atoms with Crippen LogP contribution in [0.1, 0.15) is 6.04 Å². The summed E-state index contributed by atoms with van der Waals surface area (Å²) in [5.41, 5.74) is 1.38. The smallest absolute Gasteiger partial charge is 0.267 e. The largest absolute Gasteiger partial charge is 0.268 e. The molecule has 0 aliphatic carbocycles. The summed E-state index contributed by atoms with van der Waals surface area (Å²) in [7, 11) is -3.32. The minimum atomic E-state index is -3.32. The second-order valence-corrected chi connectivity index (χ2v) is 7.42. The van der Waals surface area contributed by atoms with Crippen molar-refractivity contribution in [2.45, 2.75) is 6.04 Å². The predicted octanol–water partition coefficient (Wildman–Crippen LogP) is 1.28. The molecule has 1 aliphatic rings. The zero-order valence-electron chi connectivity index (χ0n) is 12.5. The van der Waals surface area contributed by atoms with Crippen LogP contribution in [0.15, 0.2) is 59.9 Å². The number of sulfonamides is 1. The van der Waals surface area contributed by atoms with Crippen LogP contribution in [0, 0.1) is 0 Å². The molecule has 0 spiro atoms. The number of hydrogen-bond acceptors (Lipinski definition) is 4. The molecule has 1 aromatic heterocycles. The Hall–Kier alpha value is -2.25. The summed E-state index contributed by atoms with van der Waals surface area (Å²) < 4.78 is 26.5. The van der Waals surface area contributed by atoms with Crippen LogP contribution in [0.3, 0.4) is 0 Å². The Morgan fingerprint density at radius 2 is 1.87 bits per heavy atom. The van der Waals surface area contributed by atoms with Crippen molar-refractivity contribution in [3.63, 3.8) is 0 Å². The van der Waals surface area contributed by atoms with E-state index in [-0.39, 0.29) is 30.4 Å². The molecule has 0 N–H and O–H groups in total. The molecular formula is C16H17N3O3S. The number of rotatable bonds is 5. The number of benzene rings is 1. The highest BCUT2D eigenvalue weighted by molar-refractivity contribution is 7.89. The summed E-state index contributed by atoms with van der Waals surface area (Å²) in [5.74, 6) is -0.0912. The highest BCUT2D eigenvalue weighted by Gasteiger charge is 2.37. The Balaban J connectivity index is 1.83. The fraction of sp³-hybridized carbons (Fsp3) is 0.250. The second kappa shape index (κ2) is 6.10. The Labute approximate surface area is 134 Å². The van der Waals surface area contributed by atoms with Gasteiger partial charge >= 0.3 is 0 Å². The van der Waals surface area contributed by atoms with Gasteiger partial charge in [-0.3, -0.25) is 4.79 Å². The summed E-state index contributed by atoms with van der Waals surface area (Å²) in [6, 6.07) is 12.5. The summed E-state index contributed by atoms with van der Waals surface area (Å²) in [4.78, 5) is 12.0. The third kappa shape index (κ3) is 3.11. The maximum atomic E-state index is 12.0. The van der Waals surface area contributed by atoms with Gasteiger partial charge in [0.2, 0.25) is 10.0 Å². The minimum absolute atomic E-state index is 0.0912. The lowest BCUT2D eigenvalue weighted by Gasteiger charge is -2.37. The summed E-state index contributed by atoms with van der Waals surface area (Å²) >= 11 is 0. The van der Waals surface area contributed by atoms with E-state index in [1.54, 1.807) is 6.07 Å². The van der Waals surface area contributed by atoms with E-state index < -0.39 is 10.0 Å². The van der Waals surface area contributed by atoms with E-state index in [9.17, 15) is 13.2 Å². The van der Waals surface area contributed by atoms with Gasteiger partial charge in [0.05, 0.1) is 17.5 Å². The van der Waals surface area contributed by atoms with Gasteiger partial charge in [-0.2, -0.15) is 9.40 Å². The molecule has 0 saturated carbocycles. The summed E-state index contributed by atoms with van der Waals surface area (Å²) in [5, 5.41) is 4.39. The molecule has 1 fully saturated rings. The SMILES string of the molecule is C=CCS(=O)(=O)N1CC(n2nc(-c3ccccc3)ccc2=O)C1. The monoisotopic (exact) mass is 331 g/mol. The van der Waals surface area contributed by atoms with Crippen molar-refractivity contribution in [3.05, 3.63) is 65.5 Å². The number of hydrogen-bond donors (Lipinski definition) is 0. The van der Waals surface area contributed by atoms with E-state index in [1.165, 1.54) is 21.1 Å². The third-order valence-corrected chi connectivity index (χ3v) is 5.53. The quantitative estimate of drug-likeness (QED) is 0.774. The van der Waals surface area contributed by atoms with Crippen molar-refractivity contribution < 1.29 is 8.42 Å². The topological polar surface area (TPSA) is 72.3 Å². The maximum absolute atomic E-state index is 12.0. The molecule has 1 aromatic carbocycles. The van der Waals surface area contributed by atoms with Crippen LogP contribution >= 0.6 is 0 Å². The molecule has 23 heavy (non-hydrogen) atoms. The van der Waals surface area contributed by atoms with Crippen molar-refractivity contribution in [1.82, 2.24) is 14.1 Å². The van der Waals surface area contributed by atoms with Crippen molar-refractivity contribution in [1.29, 1.82) is 0 Å². The Morgan fingerprint density at radius 3 is 2.52 bits per heavy atom. The molecule has 0 bridgehead atoms. The van der Waals surface area contributed by atoms with Gasteiger partial charge < -0.3 is 0 Å². The van der Waals surface area contributed by atoms with Gasteiger partial charge in [-0.1, -0.05) is 36.4 Å². The van der Waals surface area contributed by atoms with Gasteiger partial charge in [0.25, 0.3) is 5.56 Å². The average Bonchev–Trinajstić information content (AvgIpc) is 2.48. The van der Waals surface area contributed by atoms with E-state index in [1.807, 2.05) is 30.3 Å². The van der Waals surface area contributed by atoms with Crippen LogP contribution in [0.4, 0.5) is 0 Å². The van der Waals surface area contributed by atoms with Gasteiger partial charge in [0, 0.05) is 24.7 Å². The van der Waals surface area contributed by atoms with Crippen LogP contribution in [-0.2, 0) is 10.0 Å². The average molecular weight is 331 g/mol. The van der Waals surface area contributed by atoms with Gasteiger partial charge in [-0.25, -0.2) is 13.1 Å². The predicted molar refractivity (Wildman–Crippen MR) is 88.5 cm³/mol. The van der Waals surface area contributed by atoms with Crippen LogP contribution in [-0.4, -0.2) is 41.3 Å². The first kappa shape index (κ1) is 15.6. The molecule has 2 aromatic rings. The Bertz CT molecular complexity index is 869. The van der Waals surface area contributed by atoms with E-state index >= 15 is 0 Å². The molecular weight excluding hydrogens is 314 g/mol. The zero-order valence-corrected chi connectivity index (χ0v) is 13.3. The molecule has 1 saturated heterocycles. The lowest BCUT2D eigenvalue weighted by molar-refractivity contribution is 0.186. The Morgan fingerprint density at radius 1 is 1.17 bits per heavy atom. The highest BCUT2D eigenvalue weighted by Crippen LogP contribution is 2.24. The lowest BCUT2D eigenvalue weighted by Crippen LogP contribution is -2.53. The first-order valence-corrected chi connectivity index (χ1v) is 8.86. The standard InChI is InChI=1S/C16H17N3O3S/c1-2-10-23(21,22)18-11-14(12-18)19-16(20)9-8-15(17-19)13-6-4-3-5-7-13/h2-9,14H,1,10-12H2. The van der Waals surface area contributed by atoms with Gasteiger partial charge in [0.15, 0.2) is 0 Å². The van der Waals surface area contributed by atoms with Crippen molar-refractivity contribution in [2.24, 2.45) is 0 Å². The minimum Gasteiger partial charge on any atom is -0.268 e. The first-order valence-electron chi connectivity index (χ1n) is 7.25. The highest BCUT2D eigenvalue weighted by atomic mass is 32.2. The van der Waals surface area contributed by atoms with Crippen molar-refractivity contribution in [3.8, 4) is 11.3 Å². The number of nitrogens with zero attached hydrogens (tertiary/aromatic N) is 3. The van der Waals surface area contributed by atoms with Gasteiger partial charge in [-0.05, 0) is 6.07 Å². The molecule has 0 amide bonds. The zero-order chi connectivity index (χ0) is 16.4. The molecule has 0 radical (unpaired) electrons. The molecule has 2 heterocycles. The summed E-state index contributed by atoms with van der Waals surface area (Å²) in [6.07, 6.45) is 1.36. The van der Waals surface area contributed by atoms with Crippen molar-refractivity contribution in [2.75, 3.05) is 18.8 Å². The first-order chi connectivity index (χ1) is 11.0. The molecule has 0 unspecified atom stereocenters. The van der Waals surface area contributed by atoms with Crippen LogP contribution in [0.2, 0.25) is 0 Å². The van der Waals surface area contributed by atoms with E-state index in [0.717, 1.165) is 5.56 Å². The second-order valence-electron chi connectivity index (χ2n) is 5.41. The van der Waals surface area contributed by atoms with E-state index in [4.69, 9.17) is 0 Å². The Kier molecular flexibility index (Phi) is 4.14. The van der Waals surface area contributed by atoms with Crippen LogP contribution in [0.5, 0.6) is 0 Å². The third-order valence-electron chi connectivity index (χ3n) is 3.79. The molecule has 120 valence electrons. The normalized spacial score (nSPS) is 16.0. The maximum Gasteiger partial charge on any atom is 0.267 e. The van der Waals surface area contributed by atoms with Crippen LogP contribution in [0.25, 0.3) is 11.3 Å². The summed E-state index contributed by atoms with van der Waals surface area (Å²) in [6.45, 7) is 3.98. The fourth-order valence-electron chi connectivity index (χ4n) is 2.50. The van der Waals surface area contributed by atoms with Crippen LogP contribution < -0.4 is 5.56 Å². The van der Waals surface area contributed by atoms with Crippen molar-refractivity contribution >= 4 is 10.0 Å². The fourth-order valence-corrected chi connectivity index (χ4v) is 3.81. The van der Waals surface area contributed by atoms with E-state index in [2.05, 4.69) is 11.7 Å². The molecule has 6 nitrogen and oxygen atoms in total. The van der Waals surface area contributed by atoms with Gasteiger partial charge in [0.1, 0.15) is 0 Å². The van der Waals surface area contributed by atoms with Gasteiger partial charge in [-0.15, -0.1) is 6.58 Å². The number of aromatic nitrogens is 2. The van der Waals surface area contributed by atoms with E-state index in [0.29, 0.717) is 5.69 Å². The molecule has 1 aliphatic heterocycles. The molecule has 0 atom stereocenters. The lowest BCUT2D eigenvalue weighted by atomic mass is 10.1. The molecule has 3 rings (SSSR count).